The molecule has 10 heavy (non-hydrogen) atoms. The van der Waals surface area contributed by atoms with Gasteiger partial charge in [-0.05, 0) is 0 Å². The SMILES string of the molecule is Cc1[c-]c(C)cc(O)c1.[Y]. The predicted molar refractivity (Wildman–Crippen MR) is 36.4 cm³/mol. The minimum Gasteiger partial charge on any atom is -0.533 e. The molecule has 0 aromatic heterocycles. The summed E-state index contributed by atoms with van der Waals surface area (Å²) in [5.41, 5.74) is 1.96. The molecule has 0 unspecified atom stereocenters. The molecule has 1 aromatic rings. The second-order valence-corrected chi connectivity index (χ2v) is 2.20. The number of hydrogen-bond acceptors (Lipinski definition) is 1. The van der Waals surface area contributed by atoms with Crippen molar-refractivity contribution in [1.29, 1.82) is 0 Å². The average Bonchev–Trinajstić information content (AvgIpc) is 1.59. The Morgan fingerprint density at radius 2 is 1.60 bits per heavy atom. The van der Waals surface area contributed by atoms with Crippen LogP contribution in [0.2, 0.25) is 0 Å². The van der Waals surface area contributed by atoms with Crippen LogP contribution in [0, 0.1) is 19.9 Å². The smallest absolute Gasteiger partial charge is 0.00871 e. The van der Waals surface area contributed by atoms with E-state index in [1.165, 1.54) is 0 Å². The van der Waals surface area contributed by atoms with Crippen LogP contribution in [0.1, 0.15) is 11.1 Å². The second kappa shape index (κ2) is 4.10. The summed E-state index contributed by atoms with van der Waals surface area (Å²) in [5, 5.41) is 8.97. The largest absolute Gasteiger partial charge is 0.533 e. The normalized spacial score (nSPS) is 8.60. The molecular weight excluding hydrogens is 201 g/mol. The first kappa shape index (κ1) is 10.1. The molecule has 0 aliphatic rings. The minimum atomic E-state index is 0. The first-order chi connectivity index (χ1) is 4.18. The van der Waals surface area contributed by atoms with Crippen LogP contribution in [0.15, 0.2) is 12.1 Å². The van der Waals surface area contributed by atoms with Crippen molar-refractivity contribution in [3.63, 3.8) is 0 Å². The van der Waals surface area contributed by atoms with Crippen molar-refractivity contribution in [3.05, 3.63) is 29.3 Å². The average molecular weight is 210 g/mol. The zero-order chi connectivity index (χ0) is 6.85. The van der Waals surface area contributed by atoms with Crippen LogP contribution in [0.3, 0.4) is 0 Å². The topological polar surface area (TPSA) is 20.2 Å². The third-order valence-electron chi connectivity index (χ3n) is 1.12. The molecule has 0 atom stereocenters. The van der Waals surface area contributed by atoms with Gasteiger partial charge >= 0.3 is 0 Å². The molecular formula is C8H9OY-. The number of benzene rings is 1. The van der Waals surface area contributed by atoms with Gasteiger partial charge in [0.2, 0.25) is 0 Å². The maximum atomic E-state index is 8.97. The Morgan fingerprint density at radius 3 is 1.90 bits per heavy atom. The van der Waals surface area contributed by atoms with E-state index in [4.69, 9.17) is 5.11 Å². The molecule has 1 N–H and O–H groups in total. The van der Waals surface area contributed by atoms with E-state index in [0.717, 1.165) is 11.1 Å². The zero-order valence-electron chi connectivity index (χ0n) is 6.18. The number of phenols is 1. The van der Waals surface area contributed by atoms with Gasteiger partial charge in [0.25, 0.3) is 0 Å². The maximum absolute atomic E-state index is 8.97. The molecule has 0 saturated heterocycles. The Morgan fingerprint density at radius 1 is 1.20 bits per heavy atom. The molecule has 1 rings (SSSR count). The third kappa shape index (κ3) is 2.80. The van der Waals surface area contributed by atoms with E-state index in [-0.39, 0.29) is 32.7 Å². The van der Waals surface area contributed by atoms with Crippen molar-refractivity contribution in [2.75, 3.05) is 0 Å². The molecule has 0 aliphatic heterocycles. The molecule has 0 amide bonds. The Kier molecular flexibility index (Phi) is 4.15. The van der Waals surface area contributed by atoms with Crippen molar-refractivity contribution >= 4 is 0 Å². The molecule has 51 valence electrons. The van der Waals surface area contributed by atoms with E-state index in [1.54, 1.807) is 12.1 Å². The molecule has 2 heteroatoms. The maximum Gasteiger partial charge on any atom is 0.00871 e. The molecule has 0 spiro atoms. The summed E-state index contributed by atoms with van der Waals surface area (Å²) in [6.45, 7) is 3.82. The monoisotopic (exact) mass is 210 g/mol. The quantitative estimate of drug-likeness (QED) is 0.647. The second-order valence-electron chi connectivity index (χ2n) is 2.20. The molecule has 1 nitrogen and oxygen atoms in total. The first-order valence-corrected chi connectivity index (χ1v) is 2.88. The van der Waals surface area contributed by atoms with E-state index in [2.05, 4.69) is 6.07 Å². The fourth-order valence-electron chi connectivity index (χ4n) is 0.868. The summed E-state index contributed by atoms with van der Waals surface area (Å²) >= 11 is 0. The number of aromatic hydroxyl groups is 1. The van der Waals surface area contributed by atoms with Gasteiger partial charge in [-0.25, -0.2) is 0 Å². The van der Waals surface area contributed by atoms with Crippen LogP contribution in [0.4, 0.5) is 0 Å². The van der Waals surface area contributed by atoms with Gasteiger partial charge in [0.15, 0.2) is 0 Å². The van der Waals surface area contributed by atoms with Gasteiger partial charge in [0.05, 0.1) is 0 Å². The number of hydrogen-bond donors (Lipinski definition) is 1. The van der Waals surface area contributed by atoms with Crippen molar-refractivity contribution in [2.24, 2.45) is 0 Å². The van der Waals surface area contributed by atoms with Gasteiger partial charge in [-0.15, -0.1) is 12.1 Å². The predicted octanol–water partition coefficient (Wildman–Crippen LogP) is 1.81. The van der Waals surface area contributed by atoms with Crippen LogP contribution in [-0.4, -0.2) is 5.11 Å². The van der Waals surface area contributed by atoms with Crippen LogP contribution < -0.4 is 0 Å². The van der Waals surface area contributed by atoms with Gasteiger partial charge in [-0.3, -0.25) is 0 Å². The van der Waals surface area contributed by atoms with Crippen LogP contribution in [0.5, 0.6) is 5.75 Å². The van der Waals surface area contributed by atoms with Crippen molar-refractivity contribution < 1.29 is 37.8 Å². The fraction of sp³-hybridized carbons (Fsp3) is 0.250. The van der Waals surface area contributed by atoms with E-state index in [1.807, 2.05) is 13.8 Å². The number of phenolic OH excluding ortho intramolecular Hbond substituents is 1. The molecule has 0 saturated carbocycles. The third-order valence-corrected chi connectivity index (χ3v) is 1.12. The van der Waals surface area contributed by atoms with Crippen LogP contribution in [-0.2, 0) is 32.7 Å². The Hall–Kier alpha value is 0.124. The van der Waals surface area contributed by atoms with E-state index in [9.17, 15) is 0 Å². The summed E-state index contributed by atoms with van der Waals surface area (Å²) < 4.78 is 0. The Bertz CT molecular complexity index is 170. The van der Waals surface area contributed by atoms with Crippen LogP contribution in [0.25, 0.3) is 0 Å². The van der Waals surface area contributed by atoms with Gasteiger partial charge < -0.3 is 5.11 Å². The van der Waals surface area contributed by atoms with Crippen molar-refractivity contribution in [3.8, 4) is 5.75 Å². The van der Waals surface area contributed by atoms with Gasteiger partial charge in [0.1, 0.15) is 0 Å². The number of rotatable bonds is 0. The van der Waals surface area contributed by atoms with E-state index in [0.29, 0.717) is 5.75 Å². The van der Waals surface area contributed by atoms with Crippen LogP contribution >= 0.6 is 0 Å². The van der Waals surface area contributed by atoms with E-state index < -0.39 is 0 Å². The van der Waals surface area contributed by atoms with Gasteiger partial charge in [0, 0.05) is 38.5 Å². The molecule has 1 radical (unpaired) electrons. The summed E-state index contributed by atoms with van der Waals surface area (Å²) in [5.74, 6) is 0.323. The minimum absolute atomic E-state index is 0. The summed E-state index contributed by atoms with van der Waals surface area (Å²) in [7, 11) is 0. The molecule has 0 bridgehead atoms. The van der Waals surface area contributed by atoms with Crippen molar-refractivity contribution in [2.45, 2.75) is 13.8 Å². The number of aryl methyl sites for hydroxylation is 2. The Balaban J connectivity index is 0.000000810. The Labute approximate surface area is 86.3 Å². The molecule has 0 fully saturated rings. The molecule has 0 heterocycles. The fourth-order valence-corrected chi connectivity index (χ4v) is 0.868. The summed E-state index contributed by atoms with van der Waals surface area (Å²) in [6, 6.07) is 6.43. The molecule has 0 aliphatic carbocycles. The standard InChI is InChI=1S/C8H9O.Y/c1-6-3-7(2)5-8(9)4-6;/h4-5,9H,1-2H3;/q-1;. The van der Waals surface area contributed by atoms with Crippen molar-refractivity contribution in [1.82, 2.24) is 0 Å². The zero-order valence-corrected chi connectivity index (χ0v) is 9.02. The first-order valence-electron chi connectivity index (χ1n) is 2.88. The molecule has 1 aromatic carbocycles. The van der Waals surface area contributed by atoms with Gasteiger partial charge in [-0.2, -0.15) is 17.2 Å². The summed E-state index contributed by atoms with van der Waals surface area (Å²) in [6.07, 6.45) is 0. The van der Waals surface area contributed by atoms with Gasteiger partial charge in [-0.1, -0.05) is 13.8 Å². The van der Waals surface area contributed by atoms with E-state index >= 15 is 0 Å². The summed E-state index contributed by atoms with van der Waals surface area (Å²) in [4.78, 5) is 0.